The van der Waals surface area contributed by atoms with Gasteiger partial charge in [-0.1, -0.05) is 28.9 Å². The van der Waals surface area contributed by atoms with E-state index in [-0.39, 0.29) is 17.2 Å². The largest absolute Gasteiger partial charge is 0.426 e. The Bertz CT molecular complexity index is 359. The molecule has 0 aliphatic heterocycles. The van der Waals surface area contributed by atoms with Gasteiger partial charge in [-0.3, -0.25) is 9.59 Å². The Kier molecular flexibility index (Phi) is 4.98. The lowest BCUT2D eigenvalue weighted by molar-refractivity contribution is -0.134. The molecule has 16 heavy (non-hydrogen) atoms. The highest BCUT2D eigenvalue weighted by molar-refractivity contribution is 9.09. The number of alkyl halides is 1. The molecule has 0 saturated carbocycles. The number of halogens is 1. The number of esters is 1. The molecule has 1 aromatic rings. The smallest absolute Gasteiger partial charge is 0.310 e. The highest BCUT2D eigenvalue weighted by Gasteiger charge is 2.04. The average molecular weight is 286 g/mol. The molecule has 1 N–H and O–H groups in total. The van der Waals surface area contributed by atoms with Gasteiger partial charge in [0.05, 0.1) is 5.33 Å². The van der Waals surface area contributed by atoms with E-state index < -0.39 is 0 Å². The van der Waals surface area contributed by atoms with Gasteiger partial charge in [-0.25, -0.2) is 0 Å². The predicted octanol–water partition coefficient (Wildman–Crippen LogP) is 2.34. The molecule has 0 heterocycles. The predicted molar refractivity (Wildman–Crippen MR) is 64.8 cm³/mol. The van der Waals surface area contributed by atoms with Crippen molar-refractivity contribution in [3.8, 4) is 5.75 Å². The van der Waals surface area contributed by atoms with Crippen LogP contribution in [0.3, 0.4) is 0 Å². The molecule has 0 aliphatic rings. The van der Waals surface area contributed by atoms with Crippen LogP contribution in [0.25, 0.3) is 0 Å². The van der Waals surface area contributed by atoms with E-state index in [4.69, 9.17) is 4.74 Å². The van der Waals surface area contributed by atoms with Crippen LogP contribution in [-0.4, -0.2) is 17.2 Å². The van der Waals surface area contributed by atoms with Crippen LogP contribution in [0.15, 0.2) is 24.3 Å². The van der Waals surface area contributed by atoms with Crippen LogP contribution in [0.5, 0.6) is 5.75 Å². The van der Waals surface area contributed by atoms with E-state index in [1.807, 2.05) is 0 Å². The first-order valence-corrected chi connectivity index (χ1v) is 5.94. The van der Waals surface area contributed by atoms with Crippen LogP contribution in [0, 0.1) is 0 Å². The van der Waals surface area contributed by atoms with Crippen LogP contribution in [0.1, 0.15) is 13.3 Å². The van der Waals surface area contributed by atoms with Crippen molar-refractivity contribution in [2.45, 2.75) is 13.3 Å². The molecule has 1 amide bonds. The molecule has 4 nitrogen and oxygen atoms in total. The van der Waals surface area contributed by atoms with Gasteiger partial charge in [-0.2, -0.15) is 0 Å². The summed E-state index contributed by atoms with van der Waals surface area (Å²) < 4.78 is 5.02. The number of amides is 1. The van der Waals surface area contributed by atoms with Crippen molar-refractivity contribution < 1.29 is 14.3 Å². The summed E-state index contributed by atoms with van der Waals surface area (Å²) in [5, 5.41) is 2.87. The number of carbonyl (C=O) groups excluding carboxylic acids is 2. The molecule has 86 valence electrons. The lowest BCUT2D eigenvalue weighted by atomic mass is 10.3. The number of rotatable bonds is 4. The molecule has 5 heteroatoms. The summed E-state index contributed by atoms with van der Waals surface area (Å²) >= 11 is 3.04. The summed E-state index contributed by atoms with van der Waals surface area (Å²) in [6, 6.07) is 6.71. The molecule has 1 rings (SSSR count). The van der Waals surface area contributed by atoms with Crippen molar-refractivity contribution >= 4 is 33.5 Å². The van der Waals surface area contributed by atoms with Crippen molar-refractivity contribution in [3.05, 3.63) is 24.3 Å². The monoisotopic (exact) mass is 285 g/mol. The van der Waals surface area contributed by atoms with E-state index >= 15 is 0 Å². The maximum atomic E-state index is 11.1. The number of benzene rings is 1. The molecule has 0 spiro atoms. The van der Waals surface area contributed by atoms with Gasteiger partial charge in [0.1, 0.15) is 5.75 Å². The molecule has 1 aromatic carbocycles. The molecule has 0 bridgehead atoms. The minimum absolute atomic E-state index is 0.154. The van der Waals surface area contributed by atoms with E-state index in [1.54, 1.807) is 31.2 Å². The zero-order valence-electron chi connectivity index (χ0n) is 8.83. The van der Waals surface area contributed by atoms with Crippen LogP contribution < -0.4 is 10.1 Å². The summed E-state index contributed by atoms with van der Waals surface area (Å²) in [6.45, 7) is 1.72. The highest BCUT2D eigenvalue weighted by Crippen LogP contribution is 2.17. The second-order valence-corrected chi connectivity index (χ2v) is 3.60. The molecule has 0 aromatic heterocycles. The first kappa shape index (κ1) is 12.7. The van der Waals surface area contributed by atoms with Gasteiger partial charge in [-0.05, 0) is 12.1 Å². The number of hydrogen-bond acceptors (Lipinski definition) is 3. The second kappa shape index (κ2) is 6.27. The molecular formula is C11H12BrNO3. The Labute approximate surface area is 102 Å². The molecular weight excluding hydrogens is 274 g/mol. The van der Waals surface area contributed by atoms with Crippen LogP contribution in [-0.2, 0) is 9.59 Å². The molecule has 0 radical (unpaired) electrons. The van der Waals surface area contributed by atoms with E-state index in [9.17, 15) is 9.59 Å². The summed E-state index contributed by atoms with van der Waals surface area (Å²) in [4.78, 5) is 22.2. The lowest BCUT2D eigenvalue weighted by Gasteiger charge is -2.06. The molecule has 0 saturated heterocycles. The van der Waals surface area contributed by atoms with E-state index in [2.05, 4.69) is 21.2 Å². The number of hydrogen-bond donors (Lipinski definition) is 1. The molecule has 0 aliphatic carbocycles. The SMILES string of the molecule is CCC(=O)Oc1cccc(NC(=O)CBr)c1. The lowest BCUT2D eigenvalue weighted by Crippen LogP contribution is -2.12. The minimum Gasteiger partial charge on any atom is -0.426 e. The standard InChI is InChI=1S/C11H12BrNO3/c1-2-11(15)16-9-5-3-4-8(6-9)13-10(14)7-12/h3-6H,2,7H2,1H3,(H,13,14). The summed E-state index contributed by atoms with van der Waals surface area (Å²) in [5.41, 5.74) is 0.603. The van der Waals surface area contributed by atoms with Gasteiger partial charge < -0.3 is 10.1 Å². The number of carbonyl (C=O) groups is 2. The Morgan fingerprint density at radius 3 is 2.81 bits per heavy atom. The van der Waals surface area contributed by atoms with Crippen LogP contribution in [0.2, 0.25) is 0 Å². The summed E-state index contributed by atoms with van der Waals surface area (Å²) in [6.07, 6.45) is 0.317. The first-order chi connectivity index (χ1) is 7.65. The normalized spacial score (nSPS) is 9.62. The van der Waals surface area contributed by atoms with Gasteiger partial charge in [-0.15, -0.1) is 0 Å². The van der Waals surface area contributed by atoms with Gasteiger partial charge in [0.25, 0.3) is 0 Å². The van der Waals surface area contributed by atoms with Crippen molar-refractivity contribution in [2.75, 3.05) is 10.6 Å². The fraction of sp³-hybridized carbons (Fsp3) is 0.273. The minimum atomic E-state index is -0.302. The van der Waals surface area contributed by atoms with Crippen molar-refractivity contribution in [3.63, 3.8) is 0 Å². The topological polar surface area (TPSA) is 55.4 Å². The van der Waals surface area contributed by atoms with Crippen LogP contribution in [0.4, 0.5) is 5.69 Å². The number of nitrogens with one attached hydrogen (secondary N) is 1. The maximum absolute atomic E-state index is 11.1. The van der Waals surface area contributed by atoms with Crippen molar-refractivity contribution in [1.29, 1.82) is 0 Å². The number of ether oxygens (including phenoxy) is 1. The maximum Gasteiger partial charge on any atom is 0.310 e. The zero-order chi connectivity index (χ0) is 12.0. The zero-order valence-corrected chi connectivity index (χ0v) is 10.4. The number of anilines is 1. The third-order valence-electron chi connectivity index (χ3n) is 1.76. The average Bonchev–Trinajstić information content (AvgIpc) is 2.29. The molecule has 0 fully saturated rings. The third-order valence-corrected chi connectivity index (χ3v) is 2.27. The highest BCUT2D eigenvalue weighted by atomic mass is 79.9. The van der Waals surface area contributed by atoms with Gasteiger partial charge in [0.15, 0.2) is 0 Å². The fourth-order valence-electron chi connectivity index (χ4n) is 1.04. The van der Waals surface area contributed by atoms with Gasteiger partial charge in [0.2, 0.25) is 5.91 Å². The fourth-order valence-corrected chi connectivity index (χ4v) is 1.18. The van der Waals surface area contributed by atoms with E-state index in [0.29, 0.717) is 17.9 Å². The first-order valence-electron chi connectivity index (χ1n) is 4.82. The second-order valence-electron chi connectivity index (χ2n) is 3.04. The van der Waals surface area contributed by atoms with Crippen LogP contribution >= 0.6 is 15.9 Å². The Balaban J connectivity index is 2.71. The van der Waals surface area contributed by atoms with Crippen molar-refractivity contribution in [1.82, 2.24) is 0 Å². The Morgan fingerprint density at radius 1 is 1.44 bits per heavy atom. The summed E-state index contributed by atoms with van der Waals surface area (Å²) in [5.74, 6) is -0.0258. The van der Waals surface area contributed by atoms with Crippen molar-refractivity contribution in [2.24, 2.45) is 0 Å². The van der Waals surface area contributed by atoms with E-state index in [1.165, 1.54) is 0 Å². The van der Waals surface area contributed by atoms with E-state index in [0.717, 1.165) is 0 Å². The summed E-state index contributed by atoms with van der Waals surface area (Å²) in [7, 11) is 0. The Hall–Kier alpha value is -1.36. The van der Waals surface area contributed by atoms with Gasteiger partial charge >= 0.3 is 5.97 Å². The third kappa shape index (κ3) is 4.02. The molecule has 0 unspecified atom stereocenters. The Morgan fingerprint density at radius 2 is 2.19 bits per heavy atom. The quantitative estimate of drug-likeness (QED) is 0.525. The van der Waals surface area contributed by atoms with Gasteiger partial charge in [0, 0.05) is 18.2 Å². The molecule has 0 atom stereocenters.